The van der Waals surface area contributed by atoms with E-state index in [9.17, 15) is 19.1 Å². The maximum Gasteiger partial charge on any atom is 0.262 e. The van der Waals surface area contributed by atoms with Gasteiger partial charge in [-0.2, -0.15) is 5.10 Å². The highest BCUT2D eigenvalue weighted by atomic mass is 19.1. The van der Waals surface area contributed by atoms with Gasteiger partial charge in [0.1, 0.15) is 18.2 Å². The minimum absolute atomic E-state index is 0.0306. The summed E-state index contributed by atoms with van der Waals surface area (Å²) in [6.07, 6.45) is 8.95. The molecule has 3 aromatic heterocycles. The first-order valence-electron chi connectivity index (χ1n) is 13.8. The number of ether oxygens (including phenoxy) is 1. The van der Waals surface area contributed by atoms with Crippen molar-refractivity contribution in [3.05, 3.63) is 71.3 Å². The predicted molar refractivity (Wildman–Crippen MR) is 146 cm³/mol. The number of aliphatic hydroxyl groups is 1. The molecular formula is C29H33FN6O4. The van der Waals surface area contributed by atoms with E-state index >= 15 is 0 Å². The van der Waals surface area contributed by atoms with Crippen LogP contribution in [-0.4, -0.2) is 64.6 Å². The zero-order valence-corrected chi connectivity index (χ0v) is 22.4. The van der Waals surface area contributed by atoms with E-state index in [4.69, 9.17) is 4.74 Å². The third kappa shape index (κ3) is 5.13. The summed E-state index contributed by atoms with van der Waals surface area (Å²) in [5.41, 5.74) is -0.181. The minimum Gasteiger partial charge on any atom is -0.475 e. The van der Waals surface area contributed by atoms with Crippen LogP contribution >= 0.6 is 0 Å². The van der Waals surface area contributed by atoms with Crippen molar-refractivity contribution in [2.45, 2.75) is 56.8 Å². The summed E-state index contributed by atoms with van der Waals surface area (Å²) in [7, 11) is 1.85. The number of hydrogen-bond acceptors (Lipinski definition) is 6. The van der Waals surface area contributed by atoms with Gasteiger partial charge in [-0.15, -0.1) is 0 Å². The van der Waals surface area contributed by atoms with Gasteiger partial charge in [0.15, 0.2) is 5.65 Å². The highest BCUT2D eigenvalue weighted by molar-refractivity contribution is 5.79. The Morgan fingerprint density at radius 2 is 1.82 bits per heavy atom. The Labute approximate surface area is 230 Å². The molecule has 1 amide bonds. The monoisotopic (exact) mass is 548 g/mol. The van der Waals surface area contributed by atoms with Gasteiger partial charge in [0.05, 0.1) is 23.7 Å². The fraction of sp³-hybridized carbons (Fsp3) is 0.448. The Bertz CT molecular complexity index is 1560. The third-order valence-corrected chi connectivity index (χ3v) is 8.33. The Morgan fingerprint density at radius 3 is 2.50 bits per heavy atom. The SMILES string of the molecule is Cn1nccc1O[C@H]1CC[C@H](C(=O)N2CCC(O)(Cn3cnc4c(ccn4-c4ccc(F)cc4)c3=O)CC2)CC1. The highest BCUT2D eigenvalue weighted by Gasteiger charge is 2.37. The van der Waals surface area contributed by atoms with E-state index in [0.717, 1.165) is 31.6 Å². The number of likely N-dealkylation sites (tertiary alicyclic amines) is 1. The lowest BCUT2D eigenvalue weighted by Crippen LogP contribution is -2.51. The van der Waals surface area contributed by atoms with Crippen molar-refractivity contribution in [3.63, 3.8) is 0 Å². The highest BCUT2D eigenvalue weighted by Crippen LogP contribution is 2.31. The number of carbonyl (C=O) groups excluding carboxylic acids is 1. The zero-order chi connectivity index (χ0) is 27.9. The molecule has 11 heteroatoms. The Balaban J connectivity index is 1.05. The van der Waals surface area contributed by atoms with Gasteiger partial charge in [0, 0.05) is 44.0 Å². The molecule has 10 nitrogen and oxygen atoms in total. The number of amides is 1. The standard InChI is InChI=1S/C29H33FN6O4/c1-33-25(10-14-32-33)40-23-8-2-20(3-9-23)27(37)34-16-12-29(39,13-17-34)18-35-19-31-26-24(28(35)38)11-15-36(26)22-6-4-21(30)5-7-22/h4-7,10-11,14-15,19-20,23,39H,2-3,8-9,12-13,16-18H2,1H3/t20-,23-. The molecule has 1 saturated heterocycles. The number of piperidine rings is 1. The smallest absolute Gasteiger partial charge is 0.262 e. The summed E-state index contributed by atoms with van der Waals surface area (Å²) in [4.78, 5) is 32.8. The summed E-state index contributed by atoms with van der Waals surface area (Å²) in [6.45, 7) is 1.01. The average Bonchev–Trinajstić information content (AvgIpc) is 3.57. The summed E-state index contributed by atoms with van der Waals surface area (Å²) in [5, 5.41) is 15.9. The van der Waals surface area contributed by atoms with Crippen LogP contribution in [0.15, 0.2) is 59.9 Å². The number of aryl methyl sites for hydroxylation is 1. The molecule has 4 aromatic rings. The normalized spacial score (nSPS) is 21.0. The maximum atomic E-state index is 13.3. The Morgan fingerprint density at radius 1 is 1.10 bits per heavy atom. The molecule has 1 N–H and O–H groups in total. The lowest BCUT2D eigenvalue weighted by atomic mass is 9.85. The Kier molecular flexibility index (Phi) is 6.91. The quantitative estimate of drug-likeness (QED) is 0.397. The molecule has 0 unspecified atom stereocenters. The number of rotatable bonds is 6. The van der Waals surface area contributed by atoms with Gasteiger partial charge in [-0.1, -0.05) is 0 Å². The molecule has 0 radical (unpaired) electrons. The van der Waals surface area contributed by atoms with Crippen LogP contribution in [0, 0.1) is 11.7 Å². The molecule has 1 aliphatic heterocycles. The molecule has 2 aliphatic rings. The van der Waals surface area contributed by atoms with Crippen LogP contribution in [0.5, 0.6) is 5.88 Å². The van der Waals surface area contributed by atoms with Crippen molar-refractivity contribution in [3.8, 4) is 11.6 Å². The minimum atomic E-state index is -1.11. The van der Waals surface area contributed by atoms with E-state index in [2.05, 4.69) is 10.1 Å². The van der Waals surface area contributed by atoms with E-state index in [1.165, 1.54) is 23.0 Å². The molecule has 1 saturated carbocycles. The molecule has 6 rings (SSSR count). The third-order valence-electron chi connectivity index (χ3n) is 8.33. The van der Waals surface area contributed by atoms with Crippen LogP contribution in [0.25, 0.3) is 16.7 Å². The molecule has 210 valence electrons. The van der Waals surface area contributed by atoms with Crippen molar-refractivity contribution in [2.75, 3.05) is 13.1 Å². The molecule has 40 heavy (non-hydrogen) atoms. The fourth-order valence-electron chi connectivity index (χ4n) is 5.93. The second-order valence-electron chi connectivity index (χ2n) is 11.0. The van der Waals surface area contributed by atoms with E-state index < -0.39 is 5.60 Å². The number of halogens is 1. The lowest BCUT2D eigenvalue weighted by molar-refractivity contribution is -0.141. The van der Waals surface area contributed by atoms with E-state index in [1.54, 1.807) is 39.8 Å². The van der Waals surface area contributed by atoms with Crippen molar-refractivity contribution >= 4 is 16.9 Å². The molecule has 0 spiro atoms. The van der Waals surface area contributed by atoms with Crippen LogP contribution in [0.2, 0.25) is 0 Å². The molecule has 0 bridgehead atoms. The van der Waals surface area contributed by atoms with Crippen molar-refractivity contribution in [1.82, 2.24) is 28.8 Å². The largest absolute Gasteiger partial charge is 0.475 e. The number of aromatic nitrogens is 5. The fourth-order valence-corrected chi connectivity index (χ4v) is 5.93. The molecule has 0 atom stereocenters. The van der Waals surface area contributed by atoms with Gasteiger partial charge in [-0.3, -0.25) is 14.2 Å². The number of hydrogen-bond donors (Lipinski definition) is 1. The zero-order valence-electron chi connectivity index (χ0n) is 22.4. The second kappa shape index (κ2) is 10.5. The van der Waals surface area contributed by atoms with Crippen molar-refractivity contribution in [2.24, 2.45) is 13.0 Å². The van der Waals surface area contributed by atoms with Gasteiger partial charge < -0.3 is 19.3 Å². The van der Waals surface area contributed by atoms with E-state index in [1.807, 2.05) is 18.0 Å². The molecule has 1 aliphatic carbocycles. The van der Waals surface area contributed by atoms with Crippen LogP contribution in [-0.2, 0) is 18.4 Å². The van der Waals surface area contributed by atoms with Crippen LogP contribution in [0.3, 0.4) is 0 Å². The van der Waals surface area contributed by atoms with Crippen molar-refractivity contribution < 1.29 is 19.0 Å². The van der Waals surface area contributed by atoms with Gasteiger partial charge >= 0.3 is 0 Å². The topological polar surface area (TPSA) is 107 Å². The first-order valence-corrected chi connectivity index (χ1v) is 13.8. The molecule has 1 aromatic carbocycles. The van der Waals surface area contributed by atoms with Gasteiger partial charge in [0.25, 0.3) is 5.56 Å². The summed E-state index contributed by atoms with van der Waals surface area (Å²) in [6, 6.07) is 9.50. The molecule has 2 fully saturated rings. The second-order valence-corrected chi connectivity index (χ2v) is 11.0. The van der Waals surface area contributed by atoms with Crippen LogP contribution in [0.4, 0.5) is 4.39 Å². The number of benzene rings is 1. The van der Waals surface area contributed by atoms with Gasteiger partial charge in [-0.05, 0) is 68.9 Å². The summed E-state index contributed by atoms with van der Waals surface area (Å²) < 4.78 is 24.3. The summed E-state index contributed by atoms with van der Waals surface area (Å²) >= 11 is 0. The van der Waals surface area contributed by atoms with Crippen molar-refractivity contribution in [1.29, 1.82) is 0 Å². The van der Waals surface area contributed by atoms with Gasteiger partial charge in [-0.25, -0.2) is 14.1 Å². The summed E-state index contributed by atoms with van der Waals surface area (Å²) in [5.74, 6) is 0.514. The molecular weight excluding hydrogens is 515 g/mol. The first-order chi connectivity index (χ1) is 19.3. The van der Waals surface area contributed by atoms with E-state index in [-0.39, 0.29) is 35.9 Å². The van der Waals surface area contributed by atoms with Gasteiger partial charge in [0.2, 0.25) is 11.8 Å². The average molecular weight is 549 g/mol. The lowest BCUT2D eigenvalue weighted by Gasteiger charge is -2.40. The van der Waals surface area contributed by atoms with E-state index in [0.29, 0.717) is 42.7 Å². The first kappa shape index (κ1) is 26.2. The number of carbonyl (C=O) groups is 1. The maximum absolute atomic E-state index is 13.3. The Hall–Kier alpha value is -3.99. The van der Waals surface area contributed by atoms with Crippen LogP contribution < -0.4 is 10.3 Å². The van der Waals surface area contributed by atoms with Crippen LogP contribution in [0.1, 0.15) is 38.5 Å². The predicted octanol–water partition coefficient (Wildman–Crippen LogP) is 3.05. The molecule has 4 heterocycles. The number of nitrogens with zero attached hydrogens (tertiary/aromatic N) is 6. The number of fused-ring (bicyclic) bond motifs is 1.